The lowest BCUT2D eigenvalue weighted by Gasteiger charge is -2.20. The van der Waals surface area contributed by atoms with E-state index in [-0.39, 0.29) is 24.4 Å². The molecule has 1 rings (SSSR count). The van der Waals surface area contributed by atoms with Crippen LogP contribution in [0.3, 0.4) is 0 Å². The lowest BCUT2D eigenvalue weighted by molar-refractivity contribution is -0.120. The van der Waals surface area contributed by atoms with E-state index in [9.17, 15) is 4.79 Å². The van der Waals surface area contributed by atoms with Crippen molar-refractivity contribution < 1.29 is 9.53 Å². The first-order valence-electron chi connectivity index (χ1n) is 6.59. The van der Waals surface area contributed by atoms with E-state index in [4.69, 9.17) is 10.5 Å². The molecular formula is C15H25ClN2O2. The molecule has 0 aliphatic rings. The molecule has 0 heterocycles. The van der Waals surface area contributed by atoms with Gasteiger partial charge in [0.05, 0.1) is 12.5 Å². The maximum absolute atomic E-state index is 12.1. The van der Waals surface area contributed by atoms with Gasteiger partial charge in [0.2, 0.25) is 5.91 Å². The van der Waals surface area contributed by atoms with Crippen molar-refractivity contribution in [3.63, 3.8) is 0 Å². The van der Waals surface area contributed by atoms with Gasteiger partial charge in [-0.2, -0.15) is 0 Å². The number of benzene rings is 1. The SMILES string of the molecule is COC(CN)CC(=O)N(C)c1ccc(C(C)C)cc1.Cl. The van der Waals surface area contributed by atoms with E-state index in [1.807, 2.05) is 12.1 Å². The lowest BCUT2D eigenvalue weighted by Crippen LogP contribution is -2.33. The summed E-state index contributed by atoms with van der Waals surface area (Å²) < 4.78 is 5.13. The molecule has 0 radical (unpaired) electrons. The summed E-state index contributed by atoms with van der Waals surface area (Å²) >= 11 is 0. The highest BCUT2D eigenvalue weighted by Crippen LogP contribution is 2.20. The standard InChI is InChI=1S/C15H24N2O2.ClH/c1-11(2)12-5-7-13(8-6-12)17(3)15(18)9-14(10-16)19-4;/h5-8,11,14H,9-10,16H2,1-4H3;1H. The first-order chi connectivity index (χ1) is 8.99. The van der Waals surface area contributed by atoms with Crippen molar-refractivity contribution in [1.29, 1.82) is 0 Å². The van der Waals surface area contributed by atoms with Crippen LogP contribution in [0.15, 0.2) is 24.3 Å². The Bertz CT molecular complexity index is 403. The van der Waals surface area contributed by atoms with E-state index in [2.05, 4.69) is 26.0 Å². The molecule has 0 bridgehead atoms. The molecule has 0 aliphatic carbocycles. The number of hydrogen-bond donors (Lipinski definition) is 1. The molecule has 0 saturated carbocycles. The molecule has 0 aromatic heterocycles. The molecule has 2 N–H and O–H groups in total. The molecule has 1 aromatic rings. The Morgan fingerprint density at radius 1 is 1.30 bits per heavy atom. The van der Waals surface area contributed by atoms with Gasteiger partial charge >= 0.3 is 0 Å². The Balaban J connectivity index is 0.00000361. The summed E-state index contributed by atoms with van der Waals surface area (Å²) in [6.07, 6.45) is 0.0833. The number of nitrogens with two attached hydrogens (primary N) is 1. The first-order valence-corrected chi connectivity index (χ1v) is 6.59. The zero-order valence-corrected chi connectivity index (χ0v) is 13.4. The van der Waals surface area contributed by atoms with Crippen LogP contribution in [0.25, 0.3) is 0 Å². The van der Waals surface area contributed by atoms with E-state index in [0.717, 1.165) is 5.69 Å². The minimum atomic E-state index is -0.218. The van der Waals surface area contributed by atoms with Gasteiger partial charge in [-0.25, -0.2) is 0 Å². The van der Waals surface area contributed by atoms with Crippen LogP contribution in [0, 0.1) is 0 Å². The van der Waals surface area contributed by atoms with E-state index in [1.54, 1.807) is 19.1 Å². The van der Waals surface area contributed by atoms with E-state index < -0.39 is 0 Å². The van der Waals surface area contributed by atoms with Gasteiger partial charge in [0, 0.05) is 26.4 Å². The molecule has 1 aromatic carbocycles. The third-order valence-electron chi connectivity index (χ3n) is 3.32. The molecular weight excluding hydrogens is 276 g/mol. The third kappa shape index (κ3) is 5.12. The minimum absolute atomic E-state index is 0. The van der Waals surface area contributed by atoms with Crippen molar-refractivity contribution in [2.24, 2.45) is 5.73 Å². The van der Waals surface area contributed by atoms with Gasteiger partial charge in [0.25, 0.3) is 0 Å². The fourth-order valence-electron chi connectivity index (χ4n) is 1.82. The average molecular weight is 301 g/mol. The zero-order chi connectivity index (χ0) is 14.4. The van der Waals surface area contributed by atoms with Crippen LogP contribution in [0.5, 0.6) is 0 Å². The van der Waals surface area contributed by atoms with E-state index >= 15 is 0 Å². The van der Waals surface area contributed by atoms with Crippen LogP contribution in [0.4, 0.5) is 5.69 Å². The summed E-state index contributed by atoms with van der Waals surface area (Å²) in [7, 11) is 3.35. The molecule has 114 valence electrons. The molecule has 1 atom stereocenters. The Hall–Kier alpha value is -1.10. The molecule has 1 unspecified atom stereocenters. The number of nitrogens with zero attached hydrogens (tertiary/aromatic N) is 1. The lowest BCUT2D eigenvalue weighted by atomic mass is 10.0. The summed E-state index contributed by atoms with van der Waals surface area (Å²) in [5.74, 6) is 0.500. The van der Waals surface area contributed by atoms with Gasteiger partial charge in [-0.1, -0.05) is 26.0 Å². The van der Waals surface area contributed by atoms with Crippen molar-refractivity contribution in [2.75, 3.05) is 25.6 Å². The van der Waals surface area contributed by atoms with Crippen molar-refractivity contribution in [3.05, 3.63) is 29.8 Å². The predicted octanol–water partition coefficient (Wildman–Crippen LogP) is 2.56. The highest BCUT2D eigenvalue weighted by molar-refractivity contribution is 5.93. The monoisotopic (exact) mass is 300 g/mol. The number of halogens is 1. The molecule has 4 nitrogen and oxygen atoms in total. The minimum Gasteiger partial charge on any atom is -0.380 e. The number of anilines is 1. The van der Waals surface area contributed by atoms with Gasteiger partial charge in [-0.3, -0.25) is 4.79 Å². The highest BCUT2D eigenvalue weighted by atomic mass is 35.5. The summed E-state index contributed by atoms with van der Waals surface area (Å²) in [4.78, 5) is 13.7. The molecule has 5 heteroatoms. The fraction of sp³-hybridized carbons (Fsp3) is 0.533. The first kappa shape index (κ1) is 18.9. The Kier molecular flexibility index (Phi) is 8.46. The number of carbonyl (C=O) groups is 1. The maximum atomic E-state index is 12.1. The largest absolute Gasteiger partial charge is 0.380 e. The summed E-state index contributed by atoms with van der Waals surface area (Å²) in [5, 5.41) is 0. The van der Waals surface area contributed by atoms with Gasteiger partial charge < -0.3 is 15.4 Å². The summed E-state index contributed by atoms with van der Waals surface area (Å²) in [5.41, 5.74) is 7.68. The average Bonchev–Trinajstić information content (AvgIpc) is 2.43. The van der Waals surface area contributed by atoms with E-state index in [0.29, 0.717) is 18.9 Å². The van der Waals surface area contributed by atoms with Crippen LogP contribution >= 0.6 is 12.4 Å². The predicted molar refractivity (Wildman–Crippen MR) is 85.7 cm³/mol. The highest BCUT2D eigenvalue weighted by Gasteiger charge is 2.16. The third-order valence-corrected chi connectivity index (χ3v) is 3.32. The molecule has 1 amide bonds. The second-order valence-electron chi connectivity index (χ2n) is 5.00. The van der Waals surface area contributed by atoms with Gasteiger partial charge in [0.1, 0.15) is 0 Å². The summed E-state index contributed by atoms with van der Waals surface area (Å²) in [6, 6.07) is 8.05. The van der Waals surface area contributed by atoms with E-state index in [1.165, 1.54) is 5.56 Å². The molecule has 0 aliphatic heterocycles. The molecule has 0 spiro atoms. The Morgan fingerprint density at radius 2 is 1.85 bits per heavy atom. The zero-order valence-electron chi connectivity index (χ0n) is 12.6. The Labute approximate surface area is 127 Å². The second kappa shape index (κ2) is 8.95. The topological polar surface area (TPSA) is 55.6 Å². The molecule has 0 fully saturated rings. The van der Waals surface area contributed by atoms with Crippen LogP contribution in [-0.2, 0) is 9.53 Å². The molecule has 20 heavy (non-hydrogen) atoms. The van der Waals surface area contributed by atoms with Crippen LogP contribution in [-0.4, -0.2) is 32.7 Å². The normalized spacial score (nSPS) is 11.9. The van der Waals surface area contributed by atoms with Crippen molar-refractivity contribution in [2.45, 2.75) is 32.3 Å². The van der Waals surface area contributed by atoms with Gasteiger partial charge in [0.15, 0.2) is 0 Å². The number of methoxy groups -OCH3 is 1. The second-order valence-corrected chi connectivity index (χ2v) is 5.00. The summed E-state index contributed by atoms with van der Waals surface area (Å²) in [6.45, 7) is 4.64. The number of carbonyl (C=O) groups excluding carboxylic acids is 1. The number of ether oxygens (including phenoxy) is 1. The van der Waals surface area contributed by atoms with Crippen molar-refractivity contribution in [3.8, 4) is 0 Å². The smallest absolute Gasteiger partial charge is 0.229 e. The Morgan fingerprint density at radius 3 is 2.25 bits per heavy atom. The van der Waals surface area contributed by atoms with Gasteiger partial charge in [-0.05, 0) is 23.6 Å². The quantitative estimate of drug-likeness (QED) is 0.878. The molecule has 0 saturated heterocycles. The number of rotatable bonds is 6. The van der Waals surface area contributed by atoms with Crippen LogP contribution in [0.1, 0.15) is 31.7 Å². The van der Waals surface area contributed by atoms with Crippen molar-refractivity contribution >= 4 is 24.0 Å². The van der Waals surface area contributed by atoms with Crippen LogP contribution in [0.2, 0.25) is 0 Å². The maximum Gasteiger partial charge on any atom is 0.229 e. The van der Waals surface area contributed by atoms with Crippen LogP contribution < -0.4 is 10.6 Å². The fourth-order valence-corrected chi connectivity index (χ4v) is 1.82. The van der Waals surface area contributed by atoms with Gasteiger partial charge in [-0.15, -0.1) is 12.4 Å². The number of hydrogen-bond acceptors (Lipinski definition) is 3. The van der Waals surface area contributed by atoms with Crippen molar-refractivity contribution in [1.82, 2.24) is 0 Å². The number of amides is 1.